The molecule has 2 rings (SSSR count). The summed E-state index contributed by atoms with van der Waals surface area (Å²) in [6.07, 6.45) is 5.39. The third kappa shape index (κ3) is 7.39. The van der Waals surface area contributed by atoms with E-state index in [0.717, 1.165) is 30.6 Å². The van der Waals surface area contributed by atoms with Crippen molar-refractivity contribution in [2.75, 3.05) is 17.2 Å². The number of ether oxygens (including phenoxy) is 1. The maximum Gasteiger partial charge on any atom is 0.338 e. The first kappa shape index (κ1) is 20.9. The molecule has 27 heavy (non-hydrogen) atoms. The molecule has 5 heteroatoms. The lowest BCUT2D eigenvalue weighted by Crippen LogP contribution is -2.19. The minimum Gasteiger partial charge on any atom is -0.462 e. The fraction of sp³-hybridized carbons (Fsp3) is 0.364. The van der Waals surface area contributed by atoms with Crippen LogP contribution >= 0.6 is 12.2 Å². The molecular formula is C22H28N2O2S. The van der Waals surface area contributed by atoms with Gasteiger partial charge in [-0.05, 0) is 73.4 Å². The molecule has 0 saturated heterocycles. The van der Waals surface area contributed by atoms with Crippen molar-refractivity contribution in [1.29, 1.82) is 0 Å². The fourth-order valence-corrected chi connectivity index (χ4v) is 2.75. The van der Waals surface area contributed by atoms with Crippen LogP contribution in [-0.4, -0.2) is 17.7 Å². The Morgan fingerprint density at radius 3 is 2.00 bits per heavy atom. The third-order valence-corrected chi connectivity index (χ3v) is 4.34. The van der Waals surface area contributed by atoms with Gasteiger partial charge in [-0.2, -0.15) is 0 Å². The van der Waals surface area contributed by atoms with E-state index in [-0.39, 0.29) is 5.97 Å². The van der Waals surface area contributed by atoms with E-state index in [2.05, 4.69) is 36.6 Å². The first-order valence-electron chi connectivity index (χ1n) is 9.56. The zero-order valence-corrected chi connectivity index (χ0v) is 16.9. The van der Waals surface area contributed by atoms with Crippen molar-refractivity contribution < 1.29 is 9.53 Å². The summed E-state index contributed by atoms with van der Waals surface area (Å²) in [6, 6.07) is 15.4. The molecule has 4 nitrogen and oxygen atoms in total. The summed E-state index contributed by atoms with van der Waals surface area (Å²) in [6.45, 7) is 4.72. The highest BCUT2D eigenvalue weighted by Gasteiger charge is 2.07. The molecule has 2 aromatic rings. The predicted molar refractivity (Wildman–Crippen MR) is 117 cm³/mol. The van der Waals surface area contributed by atoms with Gasteiger partial charge >= 0.3 is 5.97 Å². The van der Waals surface area contributed by atoms with E-state index in [1.165, 1.54) is 18.4 Å². The smallest absolute Gasteiger partial charge is 0.338 e. The molecule has 0 atom stereocenters. The van der Waals surface area contributed by atoms with E-state index in [1.807, 2.05) is 24.3 Å². The van der Waals surface area contributed by atoms with Gasteiger partial charge in [-0.3, -0.25) is 0 Å². The van der Waals surface area contributed by atoms with Crippen molar-refractivity contribution in [3.05, 3.63) is 59.7 Å². The topological polar surface area (TPSA) is 50.4 Å². The normalized spacial score (nSPS) is 10.3. The molecule has 0 unspecified atom stereocenters. The number of hydrogen-bond donors (Lipinski definition) is 2. The second-order valence-electron chi connectivity index (χ2n) is 6.45. The zero-order chi connectivity index (χ0) is 19.5. The van der Waals surface area contributed by atoms with Crippen LogP contribution < -0.4 is 10.6 Å². The maximum absolute atomic E-state index is 11.9. The van der Waals surface area contributed by atoms with Gasteiger partial charge in [0.05, 0.1) is 12.2 Å². The van der Waals surface area contributed by atoms with E-state index < -0.39 is 0 Å². The first-order chi connectivity index (χ1) is 13.1. The summed E-state index contributed by atoms with van der Waals surface area (Å²) in [4.78, 5) is 11.9. The van der Waals surface area contributed by atoms with Crippen molar-refractivity contribution in [3.63, 3.8) is 0 Å². The average Bonchev–Trinajstić information content (AvgIpc) is 2.68. The molecule has 0 bridgehead atoms. The summed E-state index contributed by atoms with van der Waals surface area (Å²) >= 11 is 5.36. The van der Waals surface area contributed by atoms with E-state index in [1.54, 1.807) is 12.1 Å². The van der Waals surface area contributed by atoms with Gasteiger partial charge in [0.1, 0.15) is 0 Å². The Kier molecular flexibility index (Phi) is 8.78. The van der Waals surface area contributed by atoms with Gasteiger partial charge in [0.15, 0.2) is 5.11 Å². The Morgan fingerprint density at radius 1 is 0.889 bits per heavy atom. The lowest BCUT2D eigenvalue weighted by molar-refractivity contribution is 0.0500. The number of carbonyl (C=O) groups is 1. The lowest BCUT2D eigenvalue weighted by atomic mass is 10.1. The Morgan fingerprint density at radius 2 is 1.44 bits per heavy atom. The summed E-state index contributed by atoms with van der Waals surface area (Å²) < 4.78 is 5.21. The number of thiocarbonyl (C=S) groups is 1. The zero-order valence-electron chi connectivity index (χ0n) is 16.1. The van der Waals surface area contributed by atoms with Crippen LogP contribution in [-0.2, 0) is 11.2 Å². The Hall–Kier alpha value is -2.40. The number of nitrogens with one attached hydrogen (secondary N) is 2. The number of carbonyl (C=O) groups excluding carboxylic acids is 1. The van der Waals surface area contributed by atoms with Crippen LogP contribution in [0.3, 0.4) is 0 Å². The highest BCUT2D eigenvalue weighted by atomic mass is 32.1. The summed E-state index contributed by atoms with van der Waals surface area (Å²) in [5, 5.41) is 6.81. The quantitative estimate of drug-likeness (QED) is 0.325. The standard InChI is InChI=1S/C22H28N2O2S/c1-3-5-7-17-8-12-19(13-9-17)23-22(27)24-20-14-10-18(11-15-20)21(25)26-16-6-4-2/h8-15H,3-7,16H2,1-2H3,(H2,23,24,27). The molecule has 0 aliphatic heterocycles. The molecule has 0 aromatic heterocycles. The Bertz CT molecular complexity index is 727. The van der Waals surface area contributed by atoms with Gasteiger partial charge in [0, 0.05) is 11.4 Å². The van der Waals surface area contributed by atoms with E-state index in [9.17, 15) is 4.79 Å². The molecule has 0 saturated carbocycles. The molecule has 2 aromatic carbocycles. The van der Waals surface area contributed by atoms with Crippen molar-refractivity contribution in [2.24, 2.45) is 0 Å². The highest BCUT2D eigenvalue weighted by molar-refractivity contribution is 7.80. The number of benzene rings is 2. The second-order valence-corrected chi connectivity index (χ2v) is 6.85. The minimum absolute atomic E-state index is 0.293. The number of hydrogen-bond acceptors (Lipinski definition) is 3. The second kappa shape index (κ2) is 11.3. The van der Waals surface area contributed by atoms with Crippen molar-refractivity contribution >= 4 is 34.7 Å². The minimum atomic E-state index is -0.293. The van der Waals surface area contributed by atoms with Crippen LogP contribution in [0.2, 0.25) is 0 Å². The molecule has 0 aliphatic rings. The van der Waals surface area contributed by atoms with Crippen LogP contribution in [0.25, 0.3) is 0 Å². The number of rotatable bonds is 9. The summed E-state index contributed by atoms with van der Waals surface area (Å²) in [7, 11) is 0. The van der Waals surface area contributed by atoms with Crippen molar-refractivity contribution in [3.8, 4) is 0 Å². The molecule has 0 amide bonds. The van der Waals surface area contributed by atoms with Gasteiger partial charge in [-0.1, -0.05) is 38.8 Å². The third-order valence-electron chi connectivity index (χ3n) is 4.14. The van der Waals surface area contributed by atoms with E-state index in [0.29, 0.717) is 17.3 Å². The molecule has 144 valence electrons. The van der Waals surface area contributed by atoms with Gasteiger partial charge < -0.3 is 15.4 Å². The average molecular weight is 385 g/mol. The lowest BCUT2D eigenvalue weighted by Gasteiger charge is -2.11. The molecule has 0 radical (unpaired) electrons. The molecule has 0 heterocycles. The summed E-state index contributed by atoms with van der Waals surface area (Å²) in [5.74, 6) is -0.293. The number of esters is 1. The number of unbranched alkanes of at least 4 members (excludes halogenated alkanes) is 2. The van der Waals surface area contributed by atoms with E-state index >= 15 is 0 Å². The van der Waals surface area contributed by atoms with Crippen LogP contribution in [0.4, 0.5) is 11.4 Å². The molecule has 0 spiro atoms. The van der Waals surface area contributed by atoms with Gasteiger partial charge in [0.2, 0.25) is 0 Å². The number of anilines is 2. The van der Waals surface area contributed by atoms with Gasteiger partial charge in [-0.25, -0.2) is 4.79 Å². The van der Waals surface area contributed by atoms with Crippen molar-refractivity contribution in [2.45, 2.75) is 46.0 Å². The van der Waals surface area contributed by atoms with E-state index in [4.69, 9.17) is 17.0 Å². The monoisotopic (exact) mass is 384 g/mol. The largest absolute Gasteiger partial charge is 0.462 e. The number of aryl methyl sites for hydroxylation is 1. The van der Waals surface area contributed by atoms with Gasteiger partial charge in [-0.15, -0.1) is 0 Å². The molecule has 2 N–H and O–H groups in total. The fourth-order valence-electron chi connectivity index (χ4n) is 2.51. The first-order valence-corrected chi connectivity index (χ1v) is 9.97. The van der Waals surface area contributed by atoms with Crippen molar-refractivity contribution in [1.82, 2.24) is 0 Å². The Labute approximate surface area is 167 Å². The Balaban J connectivity index is 1.83. The molecule has 0 fully saturated rings. The SMILES string of the molecule is CCCCOC(=O)c1ccc(NC(=S)Nc2ccc(CCCC)cc2)cc1. The van der Waals surface area contributed by atoms with Crippen LogP contribution in [0, 0.1) is 0 Å². The predicted octanol–water partition coefficient (Wildman–Crippen LogP) is 5.80. The maximum atomic E-state index is 11.9. The summed E-state index contributed by atoms with van der Waals surface area (Å²) in [5.41, 5.74) is 3.64. The van der Waals surface area contributed by atoms with Crippen LogP contribution in [0.5, 0.6) is 0 Å². The van der Waals surface area contributed by atoms with Crippen LogP contribution in [0.1, 0.15) is 55.5 Å². The van der Waals surface area contributed by atoms with Gasteiger partial charge in [0.25, 0.3) is 0 Å². The molecule has 0 aliphatic carbocycles. The van der Waals surface area contributed by atoms with Crippen LogP contribution in [0.15, 0.2) is 48.5 Å². The molecular weight excluding hydrogens is 356 g/mol. The highest BCUT2D eigenvalue weighted by Crippen LogP contribution is 2.14.